The SMILES string of the molecule is C[C@@H]1C[C@H](C)n2nccc2N1C(=O)Cc1csc(-c2ccc(C(F)(F)F)cc2)n1. The Morgan fingerprint density at radius 1 is 1.17 bits per heavy atom. The minimum atomic E-state index is -4.37. The molecule has 0 N–H and O–H groups in total. The summed E-state index contributed by atoms with van der Waals surface area (Å²) in [6, 6.07) is 7.00. The van der Waals surface area contributed by atoms with Gasteiger partial charge in [-0.2, -0.15) is 18.3 Å². The molecule has 0 saturated heterocycles. The molecule has 1 amide bonds. The number of anilines is 1. The van der Waals surface area contributed by atoms with Crippen molar-refractivity contribution < 1.29 is 18.0 Å². The molecule has 0 saturated carbocycles. The Bertz CT molecular complexity index is 1030. The van der Waals surface area contributed by atoms with Crippen LogP contribution in [0, 0.1) is 0 Å². The van der Waals surface area contributed by atoms with Crippen molar-refractivity contribution in [3.05, 3.63) is 53.2 Å². The highest BCUT2D eigenvalue weighted by Crippen LogP contribution is 2.33. The third-order valence-corrected chi connectivity index (χ3v) is 5.99. The molecule has 0 fully saturated rings. The molecule has 3 heterocycles. The zero-order chi connectivity index (χ0) is 20.8. The van der Waals surface area contributed by atoms with Gasteiger partial charge in [0.1, 0.15) is 10.8 Å². The van der Waals surface area contributed by atoms with E-state index in [1.807, 2.05) is 17.7 Å². The van der Waals surface area contributed by atoms with E-state index >= 15 is 0 Å². The number of benzene rings is 1. The van der Waals surface area contributed by atoms with E-state index in [-0.39, 0.29) is 24.4 Å². The summed E-state index contributed by atoms with van der Waals surface area (Å²) >= 11 is 1.31. The summed E-state index contributed by atoms with van der Waals surface area (Å²) in [5.41, 5.74) is 0.504. The van der Waals surface area contributed by atoms with Gasteiger partial charge >= 0.3 is 6.18 Å². The minimum Gasteiger partial charge on any atom is -0.294 e. The highest BCUT2D eigenvalue weighted by Gasteiger charge is 2.33. The summed E-state index contributed by atoms with van der Waals surface area (Å²) in [7, 11) is 0. The average Bonchev–Trinajstić information content (AvgIpc) is 3.31. The van der Waals surface area contributed by atoms with Gasteiger partial charge in [-0.05, 0) is 32.4 Å². The van der Waals surface area contributed by atoms with Crippen LogP contribution < -0.4 is 4.90 Å². The van der Waals surface area contributed by atoms with Crippen LogP contribution in [0.15, 0.2) is 41.9 Å². The summed E-state index contributed by atoms with van der Waals surface area (Å²) in [5, 5.41) is 6.68. The van der Waals surface area contributed by atoms with E-state index in [9.17, 15) is 18.0 Å². The number of hydrogen-bond acceptors (Lipinski definition) is 4. The van der Waals surface area contributed by atoms with E-state index in [0.29, 0.717) is 16.3 Å². The number of amides is 1. The van der Waals surface area contributed by atoms with Crippen molar-refractivity contribution >= 4 is 23.1 Å². The van der Waals surface area contributed by atoms with Crippen LogP contribution >= 0.6 is 11.3 Å². The molecule has 0 unspecified atom stereocenters. The van der Waals surface area contributed by atoms with Crippen molar-refractivity contribution in [2.45, 2.75) is 44.9 Å². The maximum absolute atomic E-state index is 13.0. The fourth-order valence-electron chi connectivity index (χ4n) is 3.70. The minimum absolute atomic E-state index is 0.0507. The Morgan fingerprint density at radius 3 is 2.59 bits per heavy atom. The molecule has 1 aliphatic heterocycles. The summed E-state index contributed by atoms with van der Waals surface area (Å²) in [6.07, 6.45) is -1.74. The van der Waals surface area contributed by atoms with Gasteiger partial charge in [-0.3, -0.25) is 9.69 Å². The number of halogens is 3. The van der Waals surface area contributed by atoms with Crippen molar-refractivity contribution in [1.82, 2.24) is 14.8 Å². The molecule has 1 aromatic carbocycles. The Balaban J connectivity index is 1.51. The highest BCUT2D eigenvalue weighted by molar-refractivity contribution is 7.13. The van der Waals surface area contributed by atoms with E-state index in [1.54, 1.807) is 16.5 Å². The fourth-order valence-corrected chi connectivity index (χ4v) is 4.52. The third kappa shape index (κ3) is 3.78. The van der Waals surface area contributed by atoms with Crippen LogP contribution in [0.1, 0.15) is 37.6 Å². The van der Waals surface area contributed by atoms with E-state index in [4.69, 9.17) is 0 Å². The number of fused-ring (bicyclic) bond motifs is 1. The lowest BCUT2D eigenvalue weighted by Gasteiger charge is -2.36. The normalized spacial score (nSPS) is 19.3. The highest BCUT2D eigenvalue weighted by atomic mass is 32.1. The molecule has 152 valence electrons. The van der Waals surface area contributed by atoms with E-state index in [1.165, 1.54) is 23.5 Å². The largest absolute Gasteiger partial charge is 0.416 e. The molecular weight excluding hydrogens is 401 g/mol. The number of thiazole rings is 1. The second-order valence-electron chi connectivity index (χ2n) is 7.23. The molecular formula is C20H19F3N4OS. The topological polar surface area (TPSA) is 51.0 Å². The van der Waals surface area contributed by atoms with Crippen LogP contribution in [0.2, 0.25) is 0 Å². The van der Waals surface area contributed by atoms with Gasteiger partial charge in [0.2, 0.25) is 5.91 Å². The Hall–Kier alpha value is -2.68. The summed E-state index contributed by atoms with van der Waals surface area (Å²) < 4.78 is 40.0. The Morgan fingerprint density at radius 2 is 1.90 bits per heavy atom. The van der Waals surface area contributed by atoms with E-state index in [0.717, 1.165) is 24.4 Å². The van der Waals surface area contributed by atoms with Gasteiger partial charge in [0.15, 0.2) is 0 Å². The molecule has 1 aliphatic rings. The van der Waals surface area contributed by atoms with E-state index in [2.05, 4.69) is 17.0 Å². The first-order chi connectivity index (χ1) is 13.7. The lowest BCUT2D eigenvalue weighted by atomic mass is 10.0. The van der Waals surface area contributed by atoms with Gasteiger partial charge in [-0.1, -0.05) is 12.1 Å². The molecule has 0 spiro atoms. The molecule has 0 bridgehead atoms. The van der Waals surface area contributed by atoms with Gasteiger partial charge in [-0.25, -0.2) is 9.67 Å². The maximum Gasteiger partial charge on any atom is 0.416 e. The molecule has 0 aliphatic carbocycles. The number of nitrogens with zero attached hydrogens (tertiary/aromatic N) is 4. The van der Waals surface area contributed by atoms with Gasteiger partial charge in [-0.15, -0.1) is 11.3 Å². The number of rotatable bonds is 3. The van der Waals surface area contributed by atoms with Crippen molar-refractivity contribution in [3.8, 4) is 10.6 Å². The molecule has 2 atom stereocenters. The lowest BCUT2D eigenvalue weighted by molar-refractivity contribution is -0.137. The lowest BCUT2D eigenvalue weighted by Crippen LogP contribution is -2.45. The number of hydrogen-bond donors (Lipinski definition) is 0. The zero-order valence-electron chi connectivity index (χ0n) is 15.8. The first-order valence-corrected chi connectivity index (χ1v) is 10.1. The van der Waals surface area contributed by atoms with Crippen molar-refractivity contribution in [2.75, 3.05) is 4.90 Å². The fraction of sp³-hybridized carbons (Fsp3) is 0.350. The molecule has 4 rings (SSSR count). The monoisotopic (exact) mass is 420 g/mol. The number of carbonyl (C=O) groups is 1. The molecule has 5 nitrogen and oxygen atoms in total. The summed E-state index contributed by atoms with van der Waals surface area (Å²) in [6.45, 7) is 4.09. The zero-order valence-corrected chi connectivity index (χ0v) is 16.7. The predicted octanol–water partition coefficient (Wildman–Crippen LogP) is 4.95. The van der Waals surface area contributed by atoms with E-state index < -0.39 is 11.7 Å². The third-order valence-electron chi connectivity index (χ3n) is 5.05. The van der Waals surface area contributed by atoms with Crippen molar-refractivity contribution in [3.63, 3.8) is 0 Å². The van der Waals surface area contributed by atoms with Crippen LogP contribution in [-0.4, -0.2) is 26.7 Å². The van der Waals surface area contributed by atoms with Crippen molar-refractivity contribution in [1.29, 1.82) is 0 Å². The van der Waals surface area contributed by atoms with Gasteiger partial charge in [0.05, 0.1) is 29.9 Å². The molecule has 3 aromatic rings. The number of aromatic nitrogens is 3. The standard InChI is InChI=1S/C20H19F3N4OS/c1-12-9-13(2)27-17(7-8-24-27)26(12)18(28)10-16-11-29-19(25-16)14-3-5-15(6-4-14)20(21,22)23/h3-8,11-13H,9-10H2,1-2H3/t12-,13+/m1/s1. The molecule has 29 heavy (non-hydrogen) atoms. The number of alkyl halides is 3. The second-order valence-corrected chi connectivity index (χ2v) is 8.09. The molecule has 9 heteroatoms. The smallest absolute Gasteiger partial charge is 0.294 e. The first kappa shape index (κ1) is 19.6. The summed E-state index contributed by atoms with van der Waals surface area (Å²) in [5.74, 6) is 0.704. The van der Waals surface area contributed by atoms with Crippen LogP contribution in [0.3, 0.4) is 0 Å². The Kier molecular flexibility index (Phi) is 4.94. The van der Waals surface area contributed by atoms with Crippen LogP contribution in [0.25, 0.3) is 10.6 Å². The first-order valence-electron chi connectivity index (χ1n) is 9.21. The predicted molar refractivity (Wildman–Crippen MR) is 105 cm³/mol. The second kappa shape index (κ2) is 7.29. The average molecular weight is 420 g/mol. The van der Waals surface area contributed by atoms with Gasteiger partial charge in [0, 0.05) is 23.1 Å². The van der Waals surface area contributed by atoms with Gasteiger partial charge < -0.3 is 0 Å². The number of carbonyl (C=O) groups excluding carboxylic acids is 1. The van der Waals surface area contributed by atoms with Crippen LogP contribution in [-0.2, 0) is 17.4 Å². The summed E-state index contributed by atoms with van der Waals surface area (Å²) in [4.78, 5) is 19.2. The maximum atomic E-state index is 13.0. The molecule has 2 aromatic heterocycles. The quantitative estimate of drug-likeness (QED) is 0.602. The van der Waals surface area contributed by atoms with Gasteiger partial charge in [0.25, 0.3) is 0 Å². The Labute approximate surface area is 169 Å². The van der Waals surface area contributed by atoms with Crippen LogP contribution in [0.4, 0.5) is 19.0 Å². The van der Waals surface area contributed by atoms with Crippen molar-refractivity contribution in [2.24, 2.45) is 0 Å². The van der Waals surface area contributed by atoms with Crippen LogP contribution in [0.5, 0.6) is 0 Å². The molecule has 0 radical (unpaired) electrons.